The molecule has 2 aromatic carbocycles. The van der Waals surface area contributed by atoms with Crippen molar-refractivity contribution < 1.29 is 9.53 Å². The number of halogens is 1. The van der Waals surface area contributed by atoms with Gasteiger partial charge >= 0.3 is 0 Å². The maximum Gasteiger partial charge on any atom is 0.262 e. The molecule has 1 N–H and O–H groups in total. The number of carbonyl (C=O) groups is 1. The molecule has 0 aromatic heterocycles. The molecule has 1 amide bonds. The smallest absolute Gasteiger partial charge is 0.262 e. The van der Waals surface area contributed by atoms with Gasteiger partial charge in [0.1, 0.15) is 5.75 Å². The maximum atomic E-state index is 12.2. The summed E-state index contributed by atoms with van der Waals surface area (Å²) < 4.78 is 5.55. The van der Waals surface area contributed by atoms with E-state index in [1.807, 2.05) is 44.2 Å². The molecule has 0 fully saturated rings. The van der Waals surface area contributed by atoms with Crippen LogP contribution in [-0.2, 0) is 4.79 Å². The normalized spacial score (nSPS) is 10.7. The third kappa shape index (κ3) is 4.49. The number of anilines is 1. The summed E-state index contributed by atoms with van der Waals surface area (Å²) in [4.78, 5) is 12.2. The average molecular weight is 332 g/mol. The van der Waals surface area contributed by atoms with E-state index in [-0.39, 0.29) is 12.5 Å². The minimum Gasteiger partial charge on any atom is -0.482 e. The van der Waals surface area contributed by atoms with Gasteiger partial charge in [-0.25, -0.2) is 0 Å². The van der Waals surface area contributed by atoms with Gasteiger partial charge in [-0.1, -0.05) is 49.7 Å². The molecule has 122 valence electrons. The van der Waals surface area contributed by atoms with E-state index in [0.29, 0.717) is 16.7 Å². The molecular formula is C19H22ClNO2. The summed E-state index contributed by atoms with van der Waals surface area (Å²) >= 11 is 6.08. The molecule has 0 atom stereocenters. The van der Waals surface area contributed by atoms with Crippen molar-refractivity contribution in [1.82, 2.24) is 0 Å². The average Bonchev–Trinajstić information content (AvgIpc) is 2.50. The number of amides is 1. The van der Waals surface area contributed by atoms with Gasteiger partial charge in [0.2, 0.25) is 0 Å². The van der Waals surface area contributed by atoms with Crippen LogP contribution in [0.15, 0.2) is 36.4 Å². The molecular weight excluding hydrogens is 310 g/mol. The number of carbonyl (C=O) groups excluding carboxylic acids is 1. The van der Waals surface area contributed by atoms with Gasteiger partial charge in [-0.05, 0) is 48.6 Å². The largest absolute Gasteiger partial charge is 0.482 e. The predicted octanol–water partition coefficient (Wildman–Crippen LogP) is 5.10. The van der Waals surface area contributed by atoms with Gasteiger partial charge in [0, 0.05) is 5.69 Å². The molecule has 0 aliphatic carbocycles. The first-order valence-corrected chi connectivity index (χ1v) is 8.04. The fourth-order valence-electron chi connectivity index (χ4n) is 2.38. The number of hydrogen-bond acceptors (Lipinski definition) is 2. The Labute approximate surface area is 142 Å². The molecule has 0 radical (unpaired) electrons. The van der Waals surface area contributed by atoms with Gasteiger partial charge in [0.25, 0.3) is 5.91 Å². The van der Waals surface area contributed by atoms with Gasteiger partial charge < -0.3 is 10.1 Å². The first kappa shape index (κ1) is 17.4. The fraction of sp³-hybridized carbons (Fsp3) is 0.316. The summed E-state index contributed by atoms with van der Waals surface area (Å²) in [5.74, 6) is 0.659. The Balaban J connectivity index is 2.07. The second kappa shape index (κ2) is 7.51. The first-order chi connectivity index (χ1) is 10.9. The highest BCUT2D eigenvalue weighted by Gasteiger charge is 2.13. The van der Waals surface area contributed by atoms with Crippen LogP contribution in [0.5, 0.6) is 5.75 Å². The fourth-order valence-corrected chi connectivity index (χ4v) is 2.55. The van der Waals surface area contributed by atoms with Crippen LogP contribution >= 0.6 is 11.6 Å². The molecule has 0 aliphatic heterocycles. The van der Waals surface area contributed by atoms with Crippen molar-refractivity contribution in [2.45, 2.75) is 33.6 Å². The van der Waals surface area contributed by atoms with Crippen LogP contribution in [0, 0.1) is 13.8 Å². The second-order valence-electron chi connectivity index (χ2n) is 5.96. The minimum atomic E-state index is -0.196. The number of benzene rings is 2. The van der Waals surface area contributed by atoms with Crippen LogP contribution in [0.3, 0.4) is 0 Å². The Morgan fingerprint density at radius 1 is 1.22 bits per heavy atom. The molecule has 3 nitrogen and oxygen atoms in total. The summed E-state index contributed by atoms with van der Waals surface area (Å²) in [6.07, 6.45) is 0. The predicted molar refractivity (Wildman–Crippen MR) is 95.6 cm³/mol. The Hall–Kier alpha value is -2.00. The van der Waals surface area contributed by atoms with Gasteiger partial charge in [0.05, 0.1) is 5.02 Å². The van der Waals surface area contributed by atoms with E-state index in [2.05, 4.69) is 19.2 Å². The van der Waals surface area contributed by atoms with E-state index in [9.17, 15) is 4.79 Å². The lowest BCUT2D eigenvalue weighted by Crippen LogP contribution is -2.21. The third-order valence-corrected chi connectivity index (χ3v) is 3.95. The second-order valence-corrected chi connectivity index (χ2v) is 6.37. The lowest BCUT2D eigenvalue weighted by Gasteiger charge is -2.16. The molecule has 23 heavy (non-hydrogen) atoms. The molecule has 4 heteroatoms. The van der Waals surface area contributed by atoms with Crippen molar-refractivity contribution >= 4 is 23.2 Å². The zero-order valence-corrected chi connectivity index (χ0v) is 14.7. The standard InChI is InChI=1S/C19H22ClNO2/c1-12(2)15-7-5-6-14(4)19(15)21-18(22)11-23-17-10-13(3)8-9-16(17)20/h5-10,12H,11H2,1-4H3,(H,21,22). The lowest BCUT2D eigenvalue weighted by atomic mass is 9.98. The summed E-state index contributed by atoms with van der Waals surface area (Å²) in [5.41, 5.74) is 4.06. The number of para-hydroxylation sites is 1. The van der Waals surface area contributed by atoms with Crippen molar-refractivity contribution in [3.63, 3.8) is 0 Å². The van der Waals surface area contributed by atoms with Crippen LogP contribution in [0.1, 0.15) is 36.5 Å². The van der Waals surface area contributed by atoms with Gasteiger partial charge in [-0.3, -0.25) is 4.79 Å². The monoisotopic (exact) mass is 331 g/mol. The number of aryl methyl sites for hydroxylation is 2. The number of rotatable bonds is 5. The quantitative estimate of drug-likeness (QED) is 0.828. The van der Waals surface area contributed by atoms with E-state index in [4.69, 9.17) is 16.3 Å². The molecule has 0 heterocycles. The molecule has 0 saturated heterocycles. The van der Waals surface area contributed by atoms with Crippen LogP contribution < -0.4 is 10.1 Å². The van der Waals surface area contributed by atoms with Gasteiger partial charge in [-0.2, -0.15) is 0 Å². The van der Waals surface area contributed by atoms with Crippen molar-refractivity contribution in [3.05, 3.63) is 58.1 Å². The van der Waals surface area contributed by atoms with Crippen molar-refractivity contribution in [2.75, 3.05) is 11.9 Å². The van der Waals surface area contributed by atoms with Crippen molar-refractivity contribution in [2.24, 2.45) is 0 Å². The van der Waals surface area contributed by atoms with Crippen LogP contribution in [0.4, 0.5) is 5.69 Å². The zero-order valence-electron chi connectivity index (χ0n) is 13.9. The molecule has 2 rings (SSSR count). The van der Waals surface area contributed by atoms with Gasteiger partial charge in [-0.15, -0.1) is 0 Å². The molecule has 0 unspecified atom stereocenters. The topological polar surface area (TPSA) is 38.3 Å². The van der Waals surface area contributed by atoms with E-state index in [0.717, 1.165) is 22.4 Å². The summed E-state index contributed by atoms with van der Waals surface area (Å²) in [5, 5.41) is 3.46. The highest BCUT2D eigenvalue weighted by Crippen LogP contribution is 2.28. The van der Waals surface area contributed by atoms with Crippen molar-refractivity contribution in [1.29, 1.82) is 0 Å². The van der Waals surface area contributed by atoms with Crippen LogP contribution in [0.2, 0.25) is 5.02 Å². The highest BCUT2D eigenvalue weighted by atomic mass is 35.5. The Morgan fingerprint density at radius 2 is 1.96 bits per heavy atom. The third-order valence-electron chi connectivity index (χ3n) is 3.64. The molecule has 2 aromatic rings. The number of nitrogens with one attached hydrogen (secondary N) is 1. The Kier molecular flexibility index (Phi) is 5.67. The van der Waals surface area contributed by atoms with Crippen LogP contribution in [0.25, 0.3) is 0 Å². The molecule has 0 aliphatic rings. The lowest BCUT2D eigenvalue weighted by molar-refractivity contribution is -0.118. The highest BCUT2D eigenvalue weighted by molar-refractivity contribution is 6.32. The number of ether oxygens (including phenoxy) is 1. The van der Waals surface area contributed by atoms with Crippen molar-refractivity contribution in [3.8, 4) is 5.75 Å². The van der Waals surface area contributed by atoms with E-state index >= 15 is 0 Å². The van der Waals surface area contributed by atoms with Crippen LogP contribution in [-0.4, -0.2) is 12.5 Å². The summed E-state index contributed by atoms with van der Waals surface area (Å²) in [6, 6.07) is 11.5. The molecule has 0 saturated carbocycles. The van der Waals surface area contributed by atoms with Gasteiger partial charge in [0.15, 0.2) is 6.61 Å². The first-order valence-electron chi connectivity index (χ1n) is 7.66. The molecule has 0 bridgehead atoms. The Morgan fingerprint density at radius 3 is 2.65 bits per heavy atom. The minimum absolute atomic E-state index is 0.0744. The SMILES string of the molecule is Cc1ccc(Cl)c(OCC(=O)Nc2c(C)cccc2C(C)C)c1. The number of hydrogen-bond donors (Lipinski definition) is 1. The maximum absolute atomic E-state index is 12.2. The Bertz CT molecular complexity index is 711. The zero-order chi connectivity index (χ0) is 17.0. The van der Waals surface area contributed by atoms with E-state index in [1.165, 1.54) is 0 Å². The summed E-state index contributed by atoms with van der Waals surface area (Å²) in [7, 11) is 0. The van der Waals surface area contributed by atoms with E-state index in [1.54, 1.807) is 6.07 Å². The summed E-state index contributed by atoms with van der Waals surface area (Å²) in [6.45, 7) is 8.07. The molecule has 0 spiro atoms. The van der Waals surface area contributed by atoms with E-state index < -0.39 is 0 Å².